The lowest BCUT2D eigenvalue weighted by atomic mass is 9.75. The minimum absolute atomic E-state index is 0.000797. The Bertz CT molecular complexity index is 1440. The number of hydrogen-bond donors (Lipinski definition) is 2. The summed E-state index contributed by atoms with van der Waals surface area (Å²) >= 11 is 0. The maximum Gasteiger partial charge on any atom is 0.416 e. The predicted octanol–water partition coefficient (Wildman–Crippen LogP) is 5.40. The van der Waals surface area contributed by atoms with Crippen molar-refractivity contribution < 1.29 is 49.9 Å². The van der Waals surface area contributed by atoms with Gasteiger partial charge in [-0.1, -0.05) is 13.0 Å². The van der Waals surface area contributed by atoms with Crippen LogP contribution in [0.2, 0.25) is 0 Å². The Morgan fingerprint density at radius 1 is 1.05 bits per heavy atom. The second-order valence-corrected chi connectivity index (χ2v) is 11.9. The fraction of sp³-hybridized carbons (Fsp3) is 0.500. The van der Waals surface area contributed by atoms with Crippen LogP contribution in [0.25, 0.3) is 0 Å². The van der Waals surface area contributed by atoms with Crippen molar-refractivity contribution in [3.05, 3.63) is 70.0 Å². The van der Waals surface area contributed by atoms with Gasteiger partial charge >= 0.3 is 18.3 Å². The summed E-state index contributed by atoms with van der Waals surface area (Å²) in [6.07, 6.45) is -9.87. The number of carbonyl (C=O) groups excluding carboxylic acids is 3. The third-order valence-electron chi connectivity index (χ3n) is 8.90. The zero-order chi connectivity index (χ0) is 33.0. The first-order chi connectivity index (χ1) is 20.2. The van der Waals surface area contributed by atoms with Crippen LogP contribution in [0.15, 0.2) is 36.4 Å². The maximum atomic E-state index is 14.2. The van der Waals surface area contributed by atoms with Gasteiger partial charge in [0.05, 0.1) is 29.8 Å². The summed E-state index contributed by atoms with van der Waals surface area (Å²) < 4.78 is 100. The van der Waals surface area contributed by atoms with Gasteiger partial charge in [0.2, 0.25) is 11.8 Å². The molecule has 0 radical (unpaired) electrons. The van der Waals surface area contributed by atoms with Crippen LogP contribution in [0, 0.1) is 18.7 Å². The normalized spacial score (nSPS) is 24.5. The molecule has 3 N–H and O–H groups in total. The Kier molecular flexibility index (Phi) is 8.57. The van der Waals surface area contributed by atoms with Crippen LogP contribution in [0.4, 0.5) is 30.7 Å². The van der Waals surface area contributed by atoms with Crippen molar-refractivity contribution in [3.63, 3.8) is 0 Å². The van der Waals surface area contributed by atoms with Gasteiger partial charge in [-0.05, 0) is 80.1 Å². The number of amides is 2. The predicted molar refractivity (Wildman–Crippen MR) is 143 cm³/mol. The zero-order valence-electron chi connectivity index (χ0n) is 24.3. The van der Waals surface area contributed by atoms with Crippen LogP contribution in [-0.4, -0.2) is 47.4 Å². The highest BCUT2D eigenvalue weighted by Gasteiger charge is 2.54. The molecular formula is C30H32F7N3O4. The summed E-state index contributed by atoms with van der Waals surface area (Å²) in [5, 5.41) is 2.86. The smallest absolute Gasteiger partial charge is 0.416 e. The summed E-state index contributed by atoms with van der Waals surface area (Å²) in [7, 11) is 1.15. The van der Waals surface area contributed by atoms with Crippen LogP contribution in [-0.2, 0) is 31.5 Å². The number of nitrogens with zero attached hydrogens (tertiary/aromatic N) is 1. The SMILES string of the molecule is COC(=O)C1C[C@@]2(CCN(C(=O)C(C)(N)[C@H](C)c3cc(C(F)(F)F)cc(C(F)(F)F)c3)[C@@H](c3ccc(F)cc3C)C2)NC1=O. The number of piperidine rings is 1. The summed E-state index contributed by atoms with van der Waals surface area (Å²) in [5.74, 6) is -4.99. The highest BCUT2D eigenvalue weighted by Crippen LogP contribution is 2.46. The van der Waals surface area contributed by atoms with E-state index in [0.717, 1.165) is 7.11 Å². The van der Waals surface area contributed by atoms with Gasteiger partial charge in [0.1, 0.15) is 11.7 Å². The van der Waals surface area contributed by atoms with Crippen molar-refractivity contribution in [2.24, 2.45) is 11.7 Å². The van der Waals surface area contributed by atoms with Gasteiger partial charge in [-0.25, -0.2) is 4.39 Å². The molecule has 2 aromatic rings. The van der Waals surface area contributed by atoms with Gasteiger partial charge in [0.15, 0.2) is 0 Å². The summed E-state index contributed by atoms with van der Waals surface area (Å²) in [4.78, 5) is 40.5. The van der Waals surface area contributed by atoms with Gasteiger partial charge in [-0.15, -0.1) is 0 Å². The molecule has 4 rings (SSSR count). The van der Waals surface area contributed by atoms with E-state index in [1.807, 2.05) is 0 Å². The maximum absolute atomic E-state index is 14.2. The average molecular weight is 632 g/mol. The molecule has 5 atom stereocenters. The number of ether oxygens (including phenoxy) is 1. The minimum atomic E-state index is -5.09. The fourth-order valence-corrected chi connectivity index (χ4v) is 6.19. The molecule has 0 aliphatic carbocycles. The standard InChI is InChI=1S/C30H32F7N3O4/c1-15-9-20(31)5-6-21(15)23-14-28(13-22(24(41)39-28)25(42)44-4)7-8-40(23)26(43)27(3,38)16(2)17-10-18(29(32,33)34)12-19(11-17)30(35,36)37/h5-6,9-12,16,22-23H,7-8,13-14,38H2,1-4H3,(H,39,41)/t16-,22?,23-,27?,28-/m1/s1. The van der Waals surface area contributed by atoms with E-state index in [1.165, 1.54) is 36.9 Å². The molecule has 0 aromatic heterocycles. The number of hydrogen-bond acceptors (Lipinski definition) is 5. The fourth-order valence-electron chi connectivity index (χ4n) is 6.19. The molecule has 2 heterocycles. The van der Waals surface area contributed by atoms with Crippen LogP contribution in [0.1, 0.15) is 72.9 Å². The Morgan fingerprint density at radius 2 is 1.64 bits per heavy atom. The molecule has 0 bridgehead atoms. The van der Waals surface area contributed by atoms with Crippen LogP contribution < -0.4 is 11.1 Å². The molecule has 1 spiro atoms. The number of nitrogens with one attached hydrogen (secondary N) is 1. The quantitative estimate of drug-likeness (QED) is 0.261. The van der Waals surface area contributed by atoms with E-state index < -0.39 is 81.6 Å². The monoisotopic (exact) mass is 631 g/mol. The van der Waals surface area contributed by atoms with Crippen LogP contribution in [0.3, 0.4) is 0 Å². The first-order valence-corrected chi connectivity index (χ1v) is 13.8. The molecule has 2 aromatic carbocycles. The Morgan fingerprint density at radius 3 is 2.16 bits per heavy atom. The number of nitrogens with two attached hydrogens (primary N) is 1. The number of esters is 1. The largest absolute Gasteiger partial charge is 0.468 e. The van der Waals surface area contributed by atoms with Crippen molar-refractivity contribution >= 4 is 17.8 Å². The van der Waals surface area contributed by atoms with Crippen molar-refractivity contribution in [2.75, 3.05) is 13.7 Å². The van der Waals surface area contributed by atoms with E-state index in [1.54, 1.807) is 6.92 Å². The van der Waals surface area contributed by atoms with E-state index in [2.05, 4.69) is 5.32 Å². The third-order valence-corrected chi connectivity index (χ3v) is 8.90. The number of halogens is 7. The van der Waals surface area contributed by atoms with Crippen molar-refractivity contribution in [3.8, 4) is 0 Å². The zero-order valence-corrected chi connectivity index (χ0v) is 24.3. The Labute approximate surface area is 248 Å². The number of aryl methyl sites for hydroxylation is 1. The van der Waals surface area contributed by atoms with Gasteiger partial charge in [0.25, 0.3) is 0 Å². The van der Waals surface area contributed by atoms with Crippen molar-refractivity contribution in [2.45, 2.75) is 75.4 Å². The van der Waals surface area contributed by atoms with E-state index in [9.17, 15) is 45.1 Å². The van der Waals surface area contributed by atoms with Gasteiger partial charge in [0, 0.05) is 18.0 Å². The molecule has 14 heteroatoms. The van der Waals surface area contributed by atoms with E-state index in [0.29, 0.717) is 23.3 Å². The third kappa shape index (κ3) is 6.26. The van der Waals surface area contributed by atoms with E-state index in [-0.39, 0.29) is 31.9 Å². The lowest BCUT2D eigenvalue weighted by molar-refractivity contribution is -0.149. The number of benzene rings is 2. The van der Waals surface area contributed by atoms with Crippen LogP contribution in [0.5, 0.6) is 0 Å². The second-order valence-electron chi connectivity index (χ2n) is 11.9. The second kappa shape index (κ2) is 11.4. The van der Waals surface area contributed by atoms with Crippen LogP contribution >= 0.6 is 0 Å². The first-order valence-electron chi connectivity index (χ1n) is 13.8. The molecule has 240 valence electrons. The van der Waals surface area contributed by atoms with E-state index >= 15 is 0 Å². The average Bonchev–Trinajstić information content (AvgIpc) is 3.25. The number of alkyl halides is 6. The summed E-state index contributed by atoms with van der Waals surface area (Å²) in [6.45, 7) is 4.08. The Hall–Kier alpha value is -3.68. The number of methoxy groups -OCH3 is 1. The molecule has 2 unspecified atom stereocenters. The highest BCUT2D eigenvalue weighted by atomic mass is 19.4. The molecule has 2 aliphatic heterocycles. The van der Waals surface area contributed by atoms with E-state index in [4.69, 9.17) is 10.5 Å². The minimum Gasteiger partial charge on any atom is -0.468 e. The topological polar surface area (TPSA) is 102 Å². The highest BCUT2D eigenvalue weighted by molar-refractivity contribution is 6.00. The Balaban J connectivity index is 1.74. The molecule has 44 heavy (non-hydrogen) atoms. The van der Waals surface area contributed by atoms with Crippen molar-refractivity contribution in [1.29, 1.82) is 0 Å². The molecule has 0 saturated carbocycles. The number of carbonyl (C=O) groups is 3. The summed E-state index contributed by atoms with van der Waals surface area (Å²) in [6, 6.07) is 4.15. The first kappa shape index (κ1) is 33.2. The molecular weight excluding hydrogens is 599 g/mol. The molecule has 2 saturated heterocycles. The van der Waals surface area contributed by atoms with Gasteiger partial charge in [-0.3, -0.25) is 14.4 Å². The molecule has 2 fully saturated rings. The molecule has 2 amide bonds. The van der Waals surface area contributed by atoms with Crippen molar-refractivity contribution in [1.82, 2.24) is 10.2 Å². The van der Waals surface area contributed by atoms with Gasteiger partial charge < -0.3 is 20.7 Å². The molecule has 2 aliphatic rings. The summed E-state index contributed by atoms with van der Waals surface area (Å²) in [5.41, 5.74) is 0.994. The number of rotatable bonds is 5. The molecule has 7 nitrogen and oxygen atoms in total. The van der Waals surface area contributed by atoms with Gasteiger partial charge in [-0.2, -0.15) is 26.3 Å². The lowest BCUT2D eigenvalue weighted by Crippen LogP contribution is -2.61. The number of likely N-dealkylation sites (tertiary alicyclic amines) is 1. The lowest BCUT2D eigenvalue weighted by Gasteiger charge is -2.48.